The van der Waals surface area contributed by atoms with Crippen molar-refractivity contribution in [1.29, 1.82) is 0 Å². The molecule has 2 N–H and O–H groups in total. The molecule has 4 fully saturated rings. The van der Waals surface area contributed by atoms with Gasteiger partial charge in [0, 0.05) is 47.9 Å². The number of piperidine rings is 1. The average Bonchev–Trinajstić information content (AvgIpc) is 3.58. The molecule has 2 bridgehead atoms. The Morgan fingerprint density at radius 1 is 1.08 bits per heavy atom. The number of aromatic carboxylic acids is 1. The van der Waals surface area contributed by atoms with Gasteiger partial charge in [0.2, 0.25) is 0 Å². The smallest absolute Gasteiger partial charge is 0.335 e. The molecule has 0 amide bonds. The number of benzene rings is 1. The zero-order valence-corrected chi connectivity index (χ0v) is 22.5. The molecule has 3 aromatic rings. The van der Waals surface area contributed by atoms with Gasteiger partial charge >= 0.3 is 5.97 Å². The van der Waals surface area contributed by atoms with E-state index in [1.807, 2.05) is 18.2 Å². The van der Waals surface area contributed by atoms with Gasteiger partial charge in [0.05, 0.1) is 15.6 Å². The Balaban J connectivity index is 1.04. The van der Waals surface area contributed by atoms with Crippen molar-refractivity contribution in [3.63, 3.8) is 0 Å². The number of hydrogen-bond donors (Lipinski definition) is 2. The average molecular weight is 553 g/mol. The van der Waals surface area contributed by atoms with Crippen molar-refractivity contribution >= 4 is 35.0 Å². The Morgan fingerprint density at radius 2 is 1.79 bits per heavy atom. The van der Waals surface area contributed by atoms with Crippen molar-refractivity contribution in [2.75, 3.05) is 4.90 Å². The zero-order valence-electron chi connectivity index (χ0n) is 21.0. The SMILES string of the molecule is O=C(O)c1ccnc(N2C3CCC2CC2(CC(NCc4c(-c5c(Cl)cccc5Cl)noc4C4CC4)C2)C3)c1. The van der Waals surface area contributed by atoms with Gasteiger partial charge in [-0.2, -0.15) is 0 Å². The van der Waals surface area contributed by atoms with Crippen LogP contribution in [0.2, 0.25) is 10.0 Å². The van der Waals surface area contributed by atoms with Gasteiger partial charge in [-0.25, -0.2) is 9.78 Å². The van der Waals surface area contributed by atoms with Crippen LogP contribution < -0.4 is 10.2 Å². The lowest BCUT2D eigenvalue weighted by atomic mass is 9.58. The van der Waals surface area contributed by atoms with Crippen molar-refractivity contribution in [2.24, 2.45) is 5.41 Å². The number of carbonyl (C=O) groups is 1. The zero-order chi connectivity index (χ0) is 26.0. The van der Waals surface area contributed by atoms with Crippen molar-refractivity contribution in [1.82, 2.24) is 15.5 Å². The van der Waals surface area contributed by atoms with E-state index in [-0.39, 0.29) is 0 Å². The lowest BCUT2D eigenvalue weighted by Gasteiger charge is -2.55. The third-order valence-corrected chi connectivity index (χ3v) is 9.74. The Kier molecular flexibility index (Phi) is 5.95. The van der Waals surface area contributed by atoms with E-state index < -0.39 is 5.97 Å². The number of halogens is 2. The number of nitrogens with zero attached hydrogens (tertiary/aromatic N) is 3. The van der Waals surface area contributed by atoms with Gasteiger partial charge in [0.25, 0.3) is 0 Å². The Labute approximate surface area is 231 Å². The molecule has 38 heavy (non-hydrogen) atoms. The van der Waals surface area contributed by atoms with E-state index in [1.165, 1.54) is 0 Å². The van der Waals surface area contributed by atoms with Crippen LogP contribution in [-0.2, 0) is 6.54 Å². The summed E-state index contributed by atoms with van der Waals surface area (Å²) in [4.78, 5) is 18.4. The summed E-state index contributed by atoms with van der Waals surface area (Å²) in [5.74, 6) is 1.32. The third-order valence-electron chi connectivity index (χ3n) is 9.11. The van der Waals surface area contributed by atoms with Gasteiger partial charge in [-0.05, 0) is 81.0 Å². The first kappa shape index (κ1) is 24.4. The minimum atomic E-state index is -0.903. The van der Waals surface area contributed by atoms with Crippen molar-refractivity contribution < 1.29 is 14.4 Å². The molecule has 1 aromatic carbocycles. The molecule has 2 saturated carbocycles. The monoisotopic (exact) mass is 552 g/mol. The minimum Gasteiger partial charge on any atom is -0.478 e. The first-order valence-corrected chi connectivity index (χ1v) is 14.3. The molecule has 2 unspecified atom stereocenters. The highest BCUT2D eigenvalue weighted by atomic mass is 35.5. The van der Waals surface area contributed by atoms with Gasteiger partial charge in [0.1, 0.15) is 17.3 Å². The molecule has 7 rings (SSSR count). The summed E-state index contributed by atoms with van der Waals surface area (Å²) < 4.78 is 5.84. The second kappa shape index (κ2) is 9.25. The van der Waals surface area contributed by atoms with Crippen LogP contribution in [0.1, 0.15) is 79.0 Å². The van der Waals surface area contributed by atoms with Crippen LogP contribution in [0.5, 0.6) is 0 Å². The van der Waals surface area contributed by atoms with Crippen LogP contribution in [0, 0.1) is 5.41 Å². The second-order valence-electron chi connectivity index (χ2n) is 11.6. The standard InChI is InChI=1S/C29H30Cl2N4O3/c30-22-2-1-3-23(31)25(22)26-21(27(38-34-26)16-4-5-16)15-33-18-11-29(12-18)13-19-6-7-20(14-29)35(19)24-10-17(28(36)37)8-9-32-24/h1-3,8-10,16,18-20,33H,4-7,11-15H2,(H,36,37). The molecule has 9 heteroatoms. The number of pyridine rings is 1. The molecule has 4 aliphatic rings. The fraction of sp³-hybridized carbons (Fsp3) is 0.483. The Bertz CT molecular complexity index is 1360. The van der Waals surface area contributed by atoms with E-state index in [1.54, 1.807) is 18.3 Å². The van der Waals surface area contributed by atoms with E-state index >= 15 is 0 Å². The van der Waals surface area contributed by atoms with Crippen LogP contribution in [0.3, 0.4) is 0 Å². The first-order chi connectivity index (χ1) is 18.4. The van der Waals surface area contributed by atoms with Crippen LogP contribution in [0.4, 0.5) is 5.82 Å². The Morgan fingerprint density at radius 3 is 2.45 bits per heavy atom. The number of aromatic nitrogens is 2. The molecular formula is C29H30Cl2N4O3. The van der Waals surface area contributed by atoms with Gasteiger partial charge < -0.3 is 19.8 Å². The highest BCUT2D eigenvalue weighted by Gasteiger charge is 2.54. The quantitative estimate of drug-likeness (QED) is 0.337. The molecule has 2 aromatic heterocycles. The van der Waals surface area contributed by atoms with Crippen LogP contribution >= 0.6 is 23.2 Å². The van der Waals surface area contributed by atoms with Crippen LogP contribution in [0.25, 0.3) is 11.3 Å². The normalized spacial score (nSPS) is 28.1. The lowest BCUT2D eigenvalue weighted by molar-refractivity contribution is 0.0346. The number of anilines is 1. The largest absolute Gasteiger partial charge is 0.478 e. The second-order valence-corrected chi connectivity index (χ2v) is 12.5. The van der Waals surface area contributed by atoms with Gasteiger partial charge in [-0.1, -0.05) is 34.4 Å². The number of carboxylic acids is 1. The Hall–Kier alpha value is -2.61. The van der Waals surface area contributed by atoms with E-state index in [9.17, 15) is 9.90 Å². The molecule has 4 heterocycles. The summed E-state index contributed by atoms with van der Waals surface area (Å²) in [6.07, 6.45) is 10.8. The predicted molar refractivity (Wildman–Crippen MR) is 146 cm³/mol. The summed E-state index contributed by atoms with van der Waals surface area (Å²) in [5.41, 5.74) is 3.25. The highest BCUT2D eigenvalue weighted by Crippen LogP contribution is 2.57. The number of nitrogens with one attached hydrogen (secondary N) is 1. The summed E-state index contributed by atoms with van der Waals surface area (Å²) in [7, 11) is 0. The lowest BCUT2D eigenvalue weighted by Crippen LogP contribution is -2.57. The molecule has 2 atom stereocenters. The van der Waals surface area contributed by atoms with Gasteiger partial charge in [0.15, 0.2) is 0 Å². The summed E-state index contributed by atoms with van der Waals surface area (Å²) in [6.45, 7) is 0.692. The molecule has 0 radical (unpaired) electrons. The summed E-state index contributed by atoms with van der Waals surface area (Å²) in [5, 5.41) is 18.8. The molecule has 2 saturated heterocycles. The fourth-order valence-electron chi connectivity index (χ4n) is 7.30. The third kappa shape index (κ3) is 4.19. The number of hydrogen-bond acceptors (Lipinski definition) is 6. The van der Waals surface area contributed by atoms with Crippen LogP contribution in [-0.4, -0.2) is 39.3 Å². The van der Waals surface area contributed by atoms with E-state index in [0.717, 1.165) is 79.8 Å². The minimum absolute atomic E-state index is 0.305. The molecule has 7 nitrogen and oxygen atoms in total. The first-order valence-electron chi connectivity index (χ1n) is 13.5. The van der Waals surface area contributed by atoms with Gasteiger partial charge in [-0.3, -0.25) is 0 Å². The van der Waals surface area contributed by atoms with Crippen LogP contribution in [0.15, 0.2) is 41.1 Å². The summed E-state index contributed by atoms with van der Waals surface area (Å²) >= 11 is 13.1. The van der Waals surface area contributed by atoms with Gasteiger partial charge in [-0.15, -0.1) is 0 Å². The topological polar surface area (TPSA) is 91.5 Å². The van der Waals surface area contributed by atoms with E-state index in [4.69, 9.17) is 27.7 Å². The van der Waals surface area contributed by atoms with Crippen molar-refractivity contribution in [2.45, 2.75) is 82.0 Å². The molecule has 198 valence electrons. The number of rotatable bonds is 7. The highest BCUT2D eigenvalue weighted by molar-refractivity contribution is 6.39. The maximum atomic E-state index is 11.5. The summed E-state index contributed by atoms with van der Waals surface area (Å²) in [6, 6.07) is 10.1. The maximum Gasteiger partial charge on any atom is 0.335 e. The molecular weight excluding hydrogens is 523 g/mol. The van der Waals surface area contributed by atoms with Crippen molar-refractivity contribution in [3.8, 4) is 11.3 Å². The molecule has 2 aliphatic carbocycles. The predicted octanol–water partition coefficient (Wildman–Crippen LogP) is 6.69. The maximum absolute atomic E-state index is 11.5. The molecule has 2 aliphatic heterocycles. The number of carboxylic acid groups (broad SMARTS) is 1. The fourth-order valence-corrected chi connectivity index (χ4v) is 7.88. The van der Waals surface area contributed by atoms with Crippen molar-refractivity contribution in [3.05, 3.63) is 63.5 Å². The van der Waals surface area contributed by atoms with E-state index in [0.29, 0.717) is 51.6 Å². The molecule has 1 spiro atoms. The van der Waals surface area contributed by atoms with E-state index in [2.05, 4.69) is 20.4 Å². The number of fused-ring (bicyclic) bond motifs is 2.